The molecule has 0 saturated heterocycles. The van der Waals surface area contributed by atoms with E-state index in [-0.39, 0.29) is 19.0 Å². The van der Waals surface area contributed by atoms with Gasteiger partial charge in [0.1, 0.15) is 5.60 Å². The number of nitrogens with one attached hydrogen (secondary N) is 2. The lowest BCUT2D eigenvalue weighted by atomic mass is 9.95. The molecule has 0 aliphatic carbocycles. The van der Waals surface area contributed by atoms with Gasteiger partial charge in [-0.25, -0.2) is 0 Å². The Kier molecular flexibility index (Phi) is 5.38. The van der Waals surface area contributed by atoms with Crippen molar-refractivity contribution in [1.82, 2.24) is 5.32 Å². The van der Waals surface area contributed by atoms with Crippen LogP contribution in [0.1, 0.15) is 18.1 Å². The Bertz CT molecular complexity index is 944. The number of alkyl halides is 3. The molecule has 0 bridgehead atoms. The van der Waals surface area contributed by atoms with E-state index >= 15 is 0 Å². The summed E-state index contributed by atoms with van der Waals surface area (Å²) < 4.78 is 48.6. The molecule has 2 aromatic rings. The first-order valence-corrected chi connectivity index (χ1v) is 8.45. The van der Waals surface area contributed by atoms with E-state index in [4.69, 9.17) is 9.47 Å². The van der Waals surface area contributed by atoms with Crippen LogP contribution in [0.3, 0.4) is 0 Å². The fraction of sp³-hybridized carbons (Fsp3) is 0.263. The van der Waals surface area contributed by atoms with Gasteiger partial charge >= 0.3 is 18.0 Å². The summed E-state index contributed by atoms with van der Waals surface area (Å²) in [6, 6.07) is 8.64. The maximum atomic E-state index is 12.7. The van der Waals surface area contributed by atoms with E-state index in [9.17, 15) is 27.9 Å². The van der Waals surface area contributed by atoms with Gasteiger partial charge in [-0.1, -0.05) is 12.1 Å². The van der Waals surface area contributed by atoms with E-state index in [1.807, 2.05) is 0 Å². The number of rotatable bonds is 4. The number of anilines is 1. The lowest BCUT2D eigenvalue weighted by Crippen LogP contribution is -2.43. The largest absolute Gasteiger partial charge is 0.454 e. The van der Waals surface area contributed by atoms with Gasteiger partial charge in [0, 0.05) is 5.69 Å². The number of benzene rings is 2. The summed E-state index contributed by atoms with van der Waals surface area (Å²) in [5.74, 6) is -1.31. The van der Waals surface area contributed by atoms with Crippen LogP contribution in [0.4, 0.5) is 18.9 Å². The average molecular weight is 410 g/mol. The summed E-state index contributed by atoms with van der Waals surface area (Å²) in [5, 5.41) is 14.9. The van der Waals surface area contributed by atoms with Crippen LogP contribution in [0.2, 0.25) is 0 Å². The first-order valence-electron chi connectivity index (χ1n) is 8.45. The predicted molar refractivity (Wildman–Crippen MR) is 95.2 cm³/mol. The van der Waals surface area contributed by atoms with Gasteiger partial charge in [0.15, 0.2) is 11.5 Å². The molecule has 7 nitrogen and oxygen atoms in total. The van der Waals surface area contributed by atoms with Crippen molar-refractivity contribution >= 4 is 17.5 Å². The molecule has 0 radical (unpaired) electrons. The van der Waals surface area contributed by atoms with Crippen LogP contribution in [0, 0.1) is 0 Å². The maximum absolute atomic E-state index is 12.7. The number of carbonyl (C=O) groups excluding carboxylic acids is 2. The second kappa shape index (κ2) is 7.63. The van der Waals surface area contributed by atoms with Crippen LogP contribution in [0.15, 0.2) is 42.5 Å². The van der Waals surface area contributed by atoms with Crippen LogP contribution >= 0.6 is 0 Å². The fourth-order valence-electron chi connectivity index (χ4n) is 2.63. The summed E-state index contributed by atoms with van der Waals surface area (Å²) in [6.45, 7) is 1.17. The number of halogens is 3. The second-order valence-corrected chi connectivity index (χ2v) is 6.56. The summed E-state index contributed by atoms with van der Waals surface area (Å²) in [5.41, 5.74) is -2.25. The Balaban J connectivity index is 1.60. The molecule has 2 aromatic carbocycles. The Morgan fingerprint density at radius 1 is 1.03 bits per heavy atom. The van der Waals surface area contributed by atoms with Gasteiger partial charge in [-0.2, -0.15) is 13.2 Å². The van der Waals surface area contributed by atoms with Gasteiger partial charge in [0.05, 0.1) is 12.1 Å². The van der Waals surface area contributed by atoms with Crippen LogP contribution in [0.25, 0.3) is 0 Å². The molecular weight excluding hydrogens is 393 g/mol. The highest BCUT2D eigenvalue weighted by Gasteiger charge is 2.31. The molecule has 0 aromatic heterocycles. The van der Waals surface area contributed by atoms with Crippen molar-refractivity contribution < 1.29 is 37.3 Å². The fourth-order valence-corrected chi connectivity index (χ4v) is 2.63. The molecule has 3 rings (SSSR count). The molecule has 1 aliphatic heterocycles. The Morgan fingerprint density at radius 3 is 2.48 bits per heavy atom. The third-order valence-electron chi connectivity index (χ3n) is 4.24. The zero-order valence-corrected chi connectivity index (χ0v) is 15.2. The molecule has 1 heterocycles. The quantitative estimate of drug-likeness (QED) is 0.673. The molecule has 0 unspecified atom stereocenters. The maximum Gasteiger partial charge on any atom is 0.416 e. The number of amides is 2. The average Bonchev–Trinajstić information content (AvgIpc) is 3.13. The van der Waals surface area contributed by atoms with Crippen molar-refractivity contribution in [2.45, 2.75) is 18.7 Å². The first-order chi connectivity index (χ1) is 13.6. The van der Waals surface area contributed by atoms with Gasteiger partial charge in [0.25, 0.3) is 0 Å². The molecule has 0 saturated carbocycles. The third kappa shape index (κ3) is 4.77. The Morgan fingerprint density at radius 2 is 1.76 bits per heavy atom. The normalized spacial score (nSPS) is 14.8. The standard InChI is InChI=1S/C19H17F3N2O5/c1-18(27,11-5-6-14-15(8-11)29-10-28-14)9-23-16(25)17(26)24-13-4-2-3-12(7-13)19(20,21)22/h2-8,27H,9-10H2,1H3,(H,23,25)(H,24,26)/t18-/m0/s1. The Hall–Kier alpha value is -3.27. The lowest BCUT2D eigenvalue weighted by Gasteiger charge is -2.24. The van der Waals surface area contributed by atoms with Crippen molar-refractivity contribution in [3.05, 3.63) is 53.6 Å². The molecule has 1 atom stereocenters. The molecule has 0 spiro atoms. The molecule has 154 valence electrons. The number of ether oxygens (including phenoxy) is 2. The summed E-state index contributed by atoms with van der Waals surface area (Å²) in [4.78, 5) is 24.0. The van der Waals surface area contributed by atoms with E-state index in [1.54, 1.807) is 18.2 Å². The van der Waals surface area contributed by atoms with E-state index in [0.29, 0.717) is 23.1 Å². The van der Waals surface area contributed by atoms with E-state index in [2.05, 4.69) is 10.6 Å². The molecule has 2 amide bonds. The molecule has 29 heavy (non-hydrogen) atoms. The van der Waals surface area contributed by atoms with Crippen LogP contribution in [-0.2, 0) is 21.4 Å². The predicted octanol–water partition coefficient (Wildman–Crippen LogP) is 2.40. The minimum absolute atomic E-state index is 0.0629. The third-order valence-corrected chi connectivity index (χ3v) is 4.24. The highest BCUT2D eigenvalue weighted by molar-refractivity contribution is 6.39. The van der Waals surface area contributed by atoms with Crippen molar-refractivity contribution in [2.75, 3.05) is 18.7 Å². The van der Waals surface area contributed by atoms with Crippen molar-refractivity contribution in [1.29, 1.82) is 0 Å². The van der Waals surface area contributed by atoms with Crippen LogP contribution in [0.5, 0.6) is 11.5 Å². The monoisotopic (exact) mass is 410 g/mol. The second-order valence-electron chi connectivity index (χ2n) is 6.56. The minimum atomic E-state index is -4.58. The highest BCUT2D eigenvalue weighted by atomic mass is 19.4. The zero-order valence-electron chi connectivity index (χ0n) is 15.2. The molecular formula is C19H17F3N2O5. The van der Waals surface area contributed by atoms with Gasteiger partial charge in [-0.15, -0.1) is 0 Å². The highest BCUT2D eigenvalue weighted by Crippen LogP contribution is 2.35. The van der Waals surface area contributed by atoms with Crippen LogP contribution in [-0.4, -0.2) is 30.3 Å². The number of hydrogen-bond donors (Lipinski definition) is 3. The Labute approximate surface area is 163 Å². The summed E-state index contributed by atoms with van der Waals surface area (Å²) in [6.07, 6.45) is -4.58. The van der Waals surface area contributed by atoms with Crippen LogP contribution < -0.4 is 20.1 Å². The van der Waals surface area contributed by atoms with Gasteiger partial charge in [-0.3, -0.25) is 9.59 Å². The number of hydrogen-bond acceptors (Lipinski definition) is 5. The SMILES string of the molecule is C[C@](O)(CNC(=O)C(=O)Nc1cccc(C(F)(F)F)c1)c1ccc2c(c1)OCO2. The molecule has 3 N–H and O–H groups in total. The summed E-state index contributed by atoms with van der Waals surface area (Å²) in [7, 11) is 0. The topological polar surface area (TPSA) is 96.9 Å². The molecule has 1 aliphatic rings. The zero-order chi connectivity index (χ0) is 21.2. The molecule has 10 heteroatoms. The van der Waals surface area contributed by atoms with Gasteiger partial charge < -0.3 is 25.2 Å². The van der Waals surface area contributed by atoms with E-state index in [1.165, 1.54) is 13.0 Å². The van der Waals surface area contributed by atoms with Gasteiger partial charge in [0.2, 0.25) is 6.79 Å². The molecule has 0 fully saturated rings. The number of carbonyl (C=O) groups is 2. The first kappa shape index (κ1) is 20.5. The smallest absolute Gasteiger partial charge is 0.416 e. The van der Waals surface area contributed by atoms with Gasteiger partial charge in [-0.05, 0) is 42.8 Å². The van der Waals surface area contributed by atoms with Crippen molar-refractivity contribution in [3.8, 4) is 11.5 Å². The van der Waals surface area contributed by atoms with Crippen molar-refractivity contribution in [3.63, 3.8) is 0 Å². The lowest BCUT2D eigenvalue weighted by molar-refractivity contribution is -0.137. The van der Waals surface area contributed by atoms with E-state index in [0.717, 1.165) is 12.1 Å². The van der Waals surface area contributed by atoms with E-state index < -0.39 is 29.2 Å². The summed E-state index contributed by atoms with van der Waals surface area (Å²) >= 11 is 0. The van der Waals surface area contributed by atoms with Crippen molar-refractivity contribution in [2.24, 2.45) is 0 Å². The number of fused-ring (bicyclic) bond motifs is 1. The minimum Gasteiger partial charge on any atom is -0.454 e. The number of aliphatic hydroxyl groups is 1.